The predicted octanol–water partition coefficient (Wildman–Crippen LogP) is 2.54. The molecule has 1 fully saturated rings. The Morgan fingerprint density at radius 1 is 1.38 bits per heavy atom. The molecule has 1 saturated heterocycles. The Kier molecular flexibility index (Phi) is 4.44. The smallest absolute Gasteiger partial charge is 0.123 e. The van der Waals surface area contributed by atoms with Gasteiger partial charge in [0.2, 0.25) is 0 Å². The zero-order valence-corrected chi connectivity index (χ0v) is 11.0. The molecule has 88 valence electrons. The Morgan fingerprint density at radius 2 is 2.19 bits per heavy atom. The van der Waals surface area contributed by atoms with Gasteiger partial charge in [-0.2, -0.15) is 23.5 Å². The predicted molar refractivity (Wildman–Crippen MR) is 73.5 cm³/mol. The molecule has 0 aromatic heterocycles. The summed E-state index contributed by atoms with van der Waals surface area (Å²) in [5, 5.41) is 0.509. The van der Waals surface area contributed by atoms with Crippen molar-refractivity contribution in [2.24, 2.45) is 5.73 Å². The van der Waals surface area contributed by atoms with Crippen LogP contribution in [0.25, 0.3) is 0 Å². The van der Waals surface area contributed by atoms with E-state index in [0.717, 1.165) is 17.1 Å². The van der Waals surface area contributed by atoms with Gasteiger partial charge in [0, 0.05) is 34.1 Å². The summed E-state index contributed by atoms with van der Waals surface area (Å²) in [5.74, 6) is 4.51. The first-order valence-electron chi connectivity index (χ1n) is 5.41. The SMILES string of the molecule is COc1ccccc1C(N)C1CSCCS1. The van der Waals surface area contributed by atoms with Gasteiger partial charge in [-0.1, -0.05) is 18.2 Å². The summed E-state index contributed by atoms with van der Waals surface area (Å²) < 4.78 is 5.36. The zero-order valence-electron chi connectivity index (χ0n) is 9.39. The quantitative estimate of drug-likeness (QED) is 0.900. The van der Waals surface area contributed by atoms with Crippen LogP contribution in [-0.2, 0) is 0 Å². The normalized spacial score (nSPS) is 22.8. The molecule has 0 bridgehead atoms. The van der Waals surface area contributed by atoms with E-state index in [4.69, 9.17) is 10.5 Å². The Bertz CT molecular complexity index is 340. The number of nitrogens with two attached hydrogens (primary N) is 1. The van der Waals surface area contributed by atoms with Crippen LogP contribution in [0.5, 0.6) is 5.75 Å². The van der Waals surface area contributed by atoms with Crippen LogP contribution in [0.1, 0.15) is 11.6 Å². The first-order chi connectivity index (χ1) is 7.83. The van der Waals surface area contributed by atoms with E-state index in [1.165, 1.54) is 11.5 Å². The van der Waals surface area contributed by atoms with Crippen LogP contribution in [0.2, 0.25) is 0 Å². The average Bonchev–Trinajstić information content (AvgIpc) is 2.39. The molecule has 0 aliphatic carbocycles. The highest BCUT2D eigenvalue weighted by molar-refractivity contribution is 8.06. The number of ether oxygens (including phenoxy) is 1. The monoisotopic (exact) mass is 255 g/mol. The van der Waals surface area contributed by atoms with Crippen LogP contribution >= 0.6 is 23.5 Å². The maximum Gasteiger partial charge on any atom is 0.123 e. The first-order valence-corrected chi connectivity index (χ1v) is 7.61. The molecule has 1 aromatic rings. The van der Waals surface area contributed by atoms with Crippen molar-refractivity contribution in [1.29, 1.82) is 0 Å². The van der Waals surface area contributed by atoms with Crippen molar-refractivity contribution in [2.75, 3.05) is 24.4 Å². The van der Waals surface area contributed by atoms with Crippen LogP contribution in [0, 0.1) is 0 Å². The maximum atomic E-state index is 6.33. The summed E-state index contributed by atoms with van der Waals surface area (Å²) in [6, 6.07) is 8.14. The third-order valence-corrected chi connectivity index (χ3v) is 5.63. The molecular weight excluding hydrogens is 238 g/mol. The van der Waals surface area contributed by atoms with E-state index in [-0.39, 0.29) is 6.04 Å². The van der Waals surface area contributed by atoms with Crippen LogP contribution in [0.4, 0.5) is 0 Å². The van der Waals surface area contributed by atoms with Gasteiger partial charge in [0.25, 0.3) is 0 Å². The van der Waals surface area contributed by atoms with Gasteiger partial charge in [-0.15, -0.1) is 0 Å². The van der Waals surface area contributed by atoms with Gasteiger partial charge in [-0.05, 0) is 6.07 Å². The van der Waals surface area contributed by atoms with E-state index >= 15 is 0 Å². The summed E-state index contributed by atoms with van der Waals surface area (Å²) in [4.78, 5) is 0. The van der Waals surface area contributed by atoms with Gasteiger partial charge in [0.1, 0.15) is 5.75 Å². The van der Waals surface area contributed by atoms with Crippen molar-refractivity contribution < 1.29 is 4.74 Å². The lowest BCUT2D eigenvalue weighted by atomic mass is 10.0. The second-order valence-corrected chi connectivity index (χ2v) is 6.25. The Hall–Kier alpha value is -0.320. The van der Waals surface area contributed by atoms with Crippen molar-refractivity contribution in [2.45, 2.75) is 11.3 Å². The van der Waals surface area contributed by atoms with Crippen LogP contribution in [-0.4, -0.2) is 29.6 Å². The van der Waals surface area contributed by atoms with Gasteiger partial charge >= 0.3 is 0 Å². The number of benzene rings is 1. The second-order valence-electron chi connectivity index (χ2n) is 3.75. The fraction of sp³-hybridized carbons (Fsp3) is 0.500. The Labute approximate surface area is 105 Å². The largest absolute Gasteiger partial charge is 0.496 e. The lowest BCUT2D eigenvalue weighted by Crippen LogP contribution is -2.29. The fourth-order valence-corrected chi connectivity index (χ4v) is 4.65. The Morgan fingerprint density at radius 3 is 2.88 bits per heavy atom. The fourth-order valence-electron chi connectivity index (χ4n) is 1.86. The van der Waals surface area contributed by atoms with Crippen molar-refractivity contribution in [3.63, 3.8) is 0 Å². The van der Waals surface area contributed by atoms with Gasteiger partial charge in [-0.25, -0.2) is 0 Å². The average molecular weight is 255 g/mol. The molecule has 0 radical (unpaired) electrons. The van der Waals surface area contributed by atoms with E-state index < -0.39 is 0 Å². The molecule has 16 heavy (non-hydrogen) atoms. The summed E-state index contributed by atoms with van der Waals surface area (Å²) in [5.41, 5.74) is 7.46. The van der Waals surface area contributed by atoms with Crippen molar-refractivity contribution in [3.05, 3.63) is 29.8 Å². The van der Waals surface area contributed by atoms with E-state index in [1.54, 1.807) is 7.11 Å². The van der Waals surface area contributed by atoms with E-state index in [0.29, 0.717) is 5.25 Å². The highest BCUT2D eigenvalue weighted by atomic mass is 32.2. The number of hydrogen-bond acceptors (Lipinski definition) is 4. The number of rotatable bonds is 3. The molecule has 2 nitrogen and oxygen atoms in total. The summed E-state index contributed by atoms with van der Waals surface area (Å²) >= 11 is 3.98. The molecule has 2 atom stereocenters. The molecule has 2 N–H and O–H groups in total. The molecule has 1 aliphatic rings. The maximum absolute atomic E-state index is 6.33. The van der Waals surface area contributed by atoms with Gasteiger partial charge in [0.05, 0.1) is 7.11 Å². The van der Waals surface area contributed by atoms with Crippen LogP contribution in [0.15, 0.2) is 24.3 Å². The summed E-state index contributed by atoms with van der Waals surface area (Å²) in [7, 11) is 1.70. The van der Waals surface area contributed by atoms with Gasteiger partial charge in [-0.3, -0.25) is 0 Å². The van der Waals surface area contributed by atoms with Crippen molar-refractivity contribution in [3.8, 4) is 5.75 Å². The molecule has 2 unspecified atom stereocenters. The lowest BCUT2D eigenvalue weighted by molar-refractivity contribution is 0.405. The van der Waals surface area contributed by atoms with Gasteiger partial charge in [0.15, 0.2) is 0 Å². The molecule has 0 spiro atoms. The molecule has 2 rings (SSSR count). The van der Waals surface area contributed by atoms with Crippen molar-refractivity contribution in [1.82, 2.24) is 0 Å². The third kappa shape index (κ3) is 2.67. The molecular formula is C12H17NOS2. The van der Waals surface area contributed by atoms with E-state index in [9.17, 15) is 0 Å². The van der Waals surface area contributed by atoms with Gasteiger partial charge < -0.3 is 10.5 Å². The second kappa shape index (κ2) is 5.84. The topological polar surface area (TPSA) is 35.2 Å². The Balaban J connectivity index is 2.15. The highest BCUT2D eigenvalue weighted by Gasteiger charge is 2.24. The standard InChI is InChI=1S/C12H17NOS2/c1-14-10-5-3-2-4-9(10)12(13)11-8-15-6-7-16-11/h2-5,11-12H,6-8,13H2,1H3. The third-order valence-electron chi connectivity index (χ3n) is 2.74. The molecule has 0 saturated carbocycles. The summed E-state index contributed by atoms with van der Waals surface area (Å²) in [6.07, 6.45) is 0. The minimum Gasteiger partial charge on any atom is -0.496 e. The number of thioether (sulfide) groups is 2. The van der Waals surface area contributed by atoms with Crippen molar-refractivity contribution >= 4 is 23.5 Å². The lowest BCUT2D eigenvalue weighted by Gasteiger charge is -2.27. The highest BCUT2D eigenvalue weighted by Crippen LogP contribution is 2.35. The van der Waals surface area contributed by atoms with E-state index in [1.807, 2.05) is 41.7 Å². The first kappa shape index (κ1) is 12.1. The molecule has 1 aromatic carbocycles. The minimum atomic E-state index is 0.0777. The zero-order chi connectivity index (χ0) is 11.4. The summed E-state index contributed by atoms with van der Waals surface area (Å²) in [6.45, 7) is 0. The number of hydrogen-bond donors (Lipinski definition) is 1. The number of methoxy groups -OCH3 is 1. The van der Waals surface area contributed by atoms with Crippen LogP contribution in [0.3, 0.4) is 0 Å². The molecule has 1 aliphatic heterocycles. The number of para-hydroxylation sites is 1. The minimum absolute atomic E-state index is 0.0777. The molecule has 4 heteroatoms. The van der Waals surface area contributed by atoms with Crippen LogP contribution < -0.4 is 10.5 Å². The van der Waals surface area contributed by atoms with E-state index in [2.05, 4.69) is 6.07 Å². The molecule has 1 heterocycles. The molecule has 0 amide bonds.